The highest BCUT2D eigenvalue weighted by Crippen LogP contribution is 2.25. The zero-order valence-corrected chi connectivity index (χ0v) is 13.6. The molecular weight excluding hydrogens is 316 g/mol. The average Bonchev–Trinajstić information content (AvgIpc) is 3.08. The van der Waals surface area contributed by atoms with Gasteiger partial charge in [-0.05, 0) is 37.3 Å². The maximum atomic E-state index is 12.5. The number of amides is 1. The maximum absolute atomic E-state index is 12.5. The van der Waals surface area contributed by atoms with Crippen molar-refractivity contribution in [2.45, 2.75) is 19.4 Å². The highest BCUT2D eigenvalue weighted by Gasteiger charge is 2.34. The van der Waals surface area contributed by atoms with Crippen molar-refractivity contribution in [3.05, 3.63) is 60.2 Å². The van der Waals surface area contributed by atoms with Crippen molar-refractivity contribution in [1.29, 1.82) is 5.26 Å². The van der Waals surface area contributed by atoms with Crippen LogP contribution in [0.5, 0.6) is 0 Å². The predicted octanol–water partition coefficient (Wildman–Crippen LogP) is 2.72. The number of nitrogens with one attached hydrogen (secondary N) is 1. The lowest BCUT2D eigenvalue weighted by Gasteiger charge is -2.20. The summed E-state index contributed by atoms with van der Waals surface area (Å²) in [6.07, 6.45) is 0.244. The SMILES string of the molecule is CC(=O)[C@@H]1CC(C(=O)Nc2cccc(C#N)c2)=NN1c1ccccc1. The third kappa shape index (κ3) is 3.56. The highest BCUT2D eigenvalue weighted by atomic mass is 16.2. The Morgan fingerprint density at radius 1 is 1.20 bits per heavy atom. The van der Waals surface area contributed by atoms with Gasteiger partial charge in [0.15, 0.2) is 5.78 Å². The van der Waals surface area contributed by atoms with E-state index >= 15 is 0 Å². The van der Waals surface area contributed by atoms with E-state index in [1.165, 1.54) is 6.92 Å². The van der Waals surface area contributed by atoms with Gasteiger partial charge >= 0.3 is 0 Å². The number of carbonyl (C=O) groups is 2. The molecule has 124 valence electrons. The highest BCUT2D eigenvalue weighted by molar-refractivity contribution is 6.44. The van der Waals surface area contributed by atoms with E-state index in [0.29, 0.717) is 11.3 Å². The third-order valence-corrected chi connectivity index (χ3v) is 3.91. The van der Waals surface area contributed by atoms with Crippen molar-refractivity contribution in [3.8, 4) is 6.07 Å². The van der Waals surface area contributed by atoms with Gasteiger partial charge < -0.3 is 5.32 Å². The first-order valence-electron chi connectivity index (χ1n) is 7.82. The second-order valence-corrected chi connectivity index (χ2v) is 5.70. The van der Waals surface area contributed by atoms with Crippen LogP contribution in [0.2, 0.25) is 0 Å². The van der Waals surface area contributed by atoms with Gasteiger partial charge in [0, 0.05) is 12.1 Å². The number of hydrogen-bond donors (Lipinski definition) is 1. The zero-order valence-electron chi connectivity index (χ0n) is 13.6. The van der Waals surface area contributed by atoms with Crippen molar-refractivity contribution in [2.24, 2.45) is 5.10 Å². The summed E-state index contributed by atoms with van der Waals surface area (Å²) < 4.78 is 0. The Morgan fingerprint density at radius 2 is 1.96 bits per heavy atom. The van der Waals surface area contributed by atoms with Crippen LogP contribution >= 0.6 is 0 Å². The van der Waals surface area contributed by atoms with Gasteiger partial charge in [0.05, 0.1) is 17.3 Å². The second-order valence-electron chi connectivity index (χ2n) is 5.70. The van der Waals surface area contributed by atoms with Gasteiger partial charge in [0.25, 0.3) is 5.91 Å². The van der Waals surface area contributed by atoms with Crippen LogP contribution in [-0.2, 0) is 9.59 Å². The Hall–Kier alpha value is -3.46. The number of hydrazone groups is 1. The van der Waals surface area contributed by atoms with E-state index in [1.54, 1.807) is 29.3 Å². The number of hydrogen-bond acceptors (Lipinski definition) is 5. The molecule has 0 bridgehead atoms. The van der Waals surface area contributed by atoms with Crippen LogP contribution in [0.4, 0.5) is 11.4 Å². The number of ketones is 1. The maximum Gasteiger partial charge on any atom is 0.271 e. The van der Waals surface area contributed by atoms with Gasteiger partial charge in [-0.25, -0.2) is 0 Å². The molecule has 6 heteroatoms. The molecule has 0 aromatic heterocycles. The molecule has 2 aromatic carbocycles. The number of rotatable bonds is 4. The number of benzene rings is 2. The van der Waals surface area contributed by atoms with Crippen LogP contribution in [-0.4, -0.2) is 23.4 Å². The van der Waals surface area contributed by atoms with Crippen LogP contribution in [0.3, 0.4) is 0 Å². The molecule has 0 saturated carbocycles. The molecule has 6 nitrogen and oxygen atoms in total. The second kappa shape index (κ2) is 6.97. The van der Waals surface area contributed by atoms with E-state index in [0.717, 1.165) is 5.69 Å². The number of anilines is 2. The fourth-order valence-electron chi connectivity index (χ4n) is 2.65. The Bertz CT molecular complexity index is 884. The molecule has 0 aliphatic carbocycles. The largest absolute Gasteiger partial charge is 0.321 e. The van der Waals surface area contributed by atoms with Gasteiger partial charge in [-0.2, -0.15) is 10.4 Å². The van der Waals surface area contributed by atoms with E-state index in [1.807, 2.05) is 36.4 Å². The van der Waals surface area contributed by atoms with Gasteiger partial charge in [-0.15, -0.1) is 0 Å². The van der Waals surface area contributed by atoms with Crippen molar-refractivity contribution in [3.63, 3.8) is 0 Å². The van der Waals surface area contributed by atoms with Crippen molar-refractivity contribution < 1.29 is 9.59 Å². The normalized spacial score (nSPS) is 16.1. The zero-order chi connectivity index (χ0) is 17.8. The molecule has 0 spiro atoms. The van der Waals surface area contributed by atoms with E-state index in [-0.39, 0.29) is 23.8 Å². The molecule has 25 heavy (non-hydrogen) atoms. The fraction of sp³-hybridized carbons (Fsp3) is 0.158. The smallest absolute Gasteiger partial charge is 0.271 e. The molecule has 0 unspecified atom stereocenters. The third-order valence-electron chi connectivity index (χ3n) is 3.91. The fourth-order valence-corrected chi connectivity index (χ4v) is 2.65. The van der Waals surface area contributed by atoms with Crippen molar-refractivity contribution >= 4 is 28.8 Å². The van der Waals surface area contributed by atoms with Crippen LogP contribution in [0.15, 0.2) is 59.7 Å². The van der Waals surface area contributed by atoms with E-state index in [4.69, 9.17) is 5.26 Å². The number of nitriles is 1. The molecule has 0 fully saturated rings. The molecule has 1 amide bonds. The number of carbonyl (C=O) groups excluding carboxylic acids is 2. The minimum absolute atomic E-state index is 0.0538. The number of Topliss-reactive ketones (excluding diaryl/α,β-unsaturated/α-hetero) is 1. The van der Waals surface area contributed by atoms with E-state index < -0.39 is 6.04 Å². The standard InChI is InChI=1S/C19H16N4O2/c1-13(24)18-11-17(22-23(18)16-8-3-2-4-9-16)19(25)21-15-7-5-6-14(10-15)12-20/h2-10,18H,11H2,1H3,(H,21,25)/t18-/m0/s1. The Morgan fingerprint density at radius 3 is 2.64 bits per heavy atom. The molecule has 3 rings (SSSR count). The van der Waals surface area contributed by atoms with Crippen LogP contribution in [0.1, 0.15) is 18.9 Å². The van der Waals surface area contributed by atoms with Crippen LogP contribution in [0.25, 0.3) is 0 Å². The van der Waals surface area contributed by atoms with E-state index in [9.17, 15) is 9.59 Å². The molecule has 1 aliphatic rings. The molecule has 2 aromatic rings. The number of nitrogens with zero attached hydrogens (tertiary/aromatic N) is 3. The molecule has 0 saturated heterocycles. The van der Waals surface area contributed by atoms with Gasteiger partial charge in [-0.1, -0.05) is 24.3 Å². The Labute approximate surface area is 145 Å². The summed E-state index contributed by atoms with van der Waals surface area (Å²) in [5, 5.41) is 17.6. The molecule has 1 aliphatic heterocycles. The Kier molecular flexibility index (Phi) is 4.57. The summed E-state index contributed by atoms with van der Waals surface area (Å²) in [4.78, 5) is 24.5. The van der Waals surface area contributed by atoms with Gasteiger partial charge in [0.1, 0.15) is 11.8 Å². The first-order chi connectivity index (χ1) is 12.1. The lowest BCUT2D eigenvalue weighted by molar-refractivity contribution is -0.118. The minimum atomic E-state index is -0.492. The first-order valence-corrected chi connectivity index (χ1v) is 7.82. The molecule has 1 heterocycles. The summed E-state index contributed by atoms with van der Waals surface area (Å²) >= 11 is 0. The number of para-hydroxylation sites is 1. The van der Waals surface area contributed by atoms with E-state index in [2.05, 4.69) is 10.4 Å². The lowest BCUT2D eigenvalue weighted by atomic mass is 10.1. The average molecular weight is 332 g/mol. The quantitative estimate of drug-likeness (QED) is 0.933. The minimum Gasteiger partial charge on any atom is -0.321 e. The first kappa shape index (κ1) is 16.4. The molecular formula is C19H16N4O2. The monoisotopic (exact) mass is 332 g/mol. The molecule has 0 radical (unpaired) electrons. The van der Waals surface area contributed by atoms with Crippen molar-refractivity contribution in [1.82, 2.24) is 0 Å². The topological polar surface area (TPSA) is 85.6 Å². The summed E-state index contributed by atoms with van der Waals surface area (Å²) in [6.45, 7) is 1.49. The van der Waals surface area contributed by atoms with Gasteiger partial charge in [0.2, 0.25) is 0 Å². The summed E-state index contributed by atoms with van der Waals surface area (Å²) in [6, 6.07) is 17.4. The Balaban J connectivity index is 1.82. The van der Waals surface area contributed by atoms with Crippen LogP contribution in [0, 0.1) is 11.3 Å². The molecule has 1 atom stereocenters. The van der Waals surface area contributed by atoms with Gasteiger partial charge in [-0.3, -0.25) is 14.6 Å². The predicted molar refractivity (Wildman–Crippen MR) is 95.2 cm³/mol. The van der Waals surface area contributed by atoms with Crippen molar-refractivity contribution in [2.75, 3.05) is 10.3 Å². The molecule has 1 N–H and O–H groups in total. The summed E-state index contributed by atoms with van der Waals surface area (Å²) in [7, 11) is 0. The summed E-state index contributed by atoms with van der Waals surface area (Å²) in [5.41, 5.74) is 2.02. The lowest BCUT2D eigenvalue weighted by Crippen LogP contribution is -2.33. The van der Waals surface area contributed by atoms with Crippen LogP contribution < -0.4 is 10.3 Å². The summed E-state index contributed by atoms with van der Waals surface area (Å²) in [5.74, 6) is -0.429.